The standard InChI is InChI=1S/C20H25BrN4O/c21-19-12-22-25(15-19)14-17-4-6-18(7-5-17)20(26)24-9-1-8-23(10-11-24)13-16-2-3-16/h4-7,12,15-16H,1-3,8-11,13-14H2. The first kappa shape index (κ1) is 17.7. The first-order chi connectivity index (χ1) is 12.7. The van der Waals surface area contributed by atoms with Crippen molar-refractivity contribution in [1.82, 2.24) is 19.6 Å². The van der Waals surface area contributed by atoms with Crippen molar-refractivity contribution in [2.45, 2.75) is 25.8 Å². The van der Waals surface area contributed by atoms with E-state index in [1.165, 1.54) is 19.4 Å². The summed E-state index contributed by atoms with van der Waals surface area (Å²) in [4.78, 5) is 17.4. The highest BCUT2D eigenvalue weighted by Crippen LogP contribution is 2.30. The highest BCUT2D eigenvalue weighted by atomic mass is 79.9. The lowest BCUT2D eigenvalue weighted by Gasteiger charge is -2.22. The van der Waals surface area contributed by atoms with E-state index < -0.39 is 0 Å². The van der Waals surface area contributed by atoms with Gasteiger partial charge in [0.1, 0.15) is 0 Å². The van der Waals surface area contributed by atoms with Crippen LogP contribution in [0, 0.1) is 5.92 Å². The van der Waals surface area contributed by atoms with E-state index in [9.17, 15) is 4.79 Å². The summed E-state index contributed by atoms with van der Waals surface area (Å²) in [6.07, 6.45) is 7.58. The number of hydrogen-bond donors (Lipinski definition) is 0. The molecule has 5 nitrogen and oxygen atoms in total. The zero-order valence-corrected chi connectivity index (χ0v) is 16.6. The maximum Gasteiger partial charge on any atom is 0.253 e. The van der Waals surface area contributed by atoms with E-state index in [1.807, 2.05) is 40.0 Å². The third-order valence-electron chi connectivity index (χ3n) is 5.24. The molecule has 0 radical (unpaired) electrons. The predicted molar refractivity (Wildman–Crippen MR) is 105 cm³/mol. The summed E-state index contributed by atoms with van der Waals surface area (Å²) in [6, 6.07) is 7.95. The van der Waals surface area contributed by atoms with Gasteiger partial charge in [0.15, 0.2) is 0 Å². The van der Waals surface area contributed by atoms with E-state index in [1.54, 1.807) is 6.20 Å². The Labute approximate surface area is 163 Å². The van der Waals surface area contributed by atoms with Gasteiger partial charge in [0.2, 0.25) is 0 Å². The number of carbonyl (C=O) groups excluding carboxylic acids is 1. The van der Waals surface area contributed by atoms with E-state index in [-0.39, 0.29) is 5.91 Å². The Morgan fingerprint density at radius 2 is 1.92 bits per heavy atom. The number of halogens is 1. The number of benzene rings is 1. The molecule has 1 saturated carbocycles. The van der Waals surface area contributed by atoms with Gasteiger partial charge in [0.05, 0.1) is 17.2 Å². The van der Waals surface area contributed by atoms with Crippen molar-refractivity contribution < 1.29 is 4.79 Å². The number of carbonyl (C=O) groups is 1. The maximum absolute atomic E-state index is 12.9. The van der Waals surface area contributed by atoms with Crippen molar-refractivity contribution in [2.24, 2.45) is 5.92 Å². The van der Waals surface area contributed by atoms with E-state index >= 15 is 0 Å². The Hall–Kier alpha value is -1.66. The van der Waals surface area contributed by atoms with Gasteiger partial charge in [-0.25, -0.2) is 0 Å². The van der Waals surface area contributed by atoms with Crippen LogP contribution in [0.15, 0.2) is 41.1 Å². The van der Waals surface area contributed by atoms with Crippen molar-refractivity contribution in [1.29, 1.82) is 0 Å². The van der Waals surface area contributed by atoms with Crippen LogP contribution >= 0.6 is 15.9 Å². The monoisotopic (exact) mass is 416 g/mol. The molecule has 0 atom stereocenters. The van der Waals surface area contributed by atoms with Crippen LogP contribution in [0.5, 0.6) is 0 Å². The Morgan fingerprint density at radius 3 is 2.62 bits per heavy atom. The average molecular weight is 417 g/mol. The van der Waals surface area contributed by atoms with Crippen molar-refractivity contribution in [3.05, 3.63) is 52.3 Å². The molecule has 2 aromatic rings. The largest absolute Gasteiger partial charge is 0.337 e. The fourth-order valence-corrected chi connectivity index (χ4v) is 3.90. The number of aromatic nitrogens is 2. The van der Waals surface area contributed by atoms with Crippen LogP contribution in [-0.4, -0.2) is 58.2 Å². The van der Waals surface area contributed by atoms with Crippen LogP contribution in [0.3, 0.4) is 0 Å². The average Bonchev–Trinajstić information content (AvgIpc) is 3.41. The minimum Gasteiger partial charge on any atom is -0.337 e. The van der Waals surface area contributed by atoms with Gasteiger partial charge in [-0.3, -0.25) is 9.48 Å². The number of hydrogen-bond acceptors (Lipinski definition) is 3. The highest BCUT2D eigenvalue weighted by molar-refractivity contribution is 9.10. The molecule has 4 rings (SSSR count). The second kappa shape index (κ2) is 7.92. The zero-order chi connectivity index (χ0) is 17.9. The van der Waals surface area contributed by atoms with Crippen molar-refractivity contribution >= 4 is 21.8 Å². The molecule has 1 amide bonds. The molecule has 6 heteroatoms. The summed E-state index contributed by atoms with van der Waals surface area (Å²) in [5.74, 6) is 1.08. The fraction of sp³-hybridized carbons (Fsp3) is 0.500. The van der Waals surface area contributed by atoms with Crippen LogP contribution in [-0.2, 0) is 6.54 Å². The van der Waals surface area contributed by atoms with Crippen molar-refractivity contribution in [2.75, 3.05) is 32.7 Å². The third-order valence-corrected chi connectivity index (χ3v) is 5.65. The van der Waals surface area contributed by atoms with Crippen LogP contribution in [0.1, 0.15) is 35.2 Å². The molecule has 0 spiro atoms. The molecule has 1 aromatic heterocycles. The minimum atomic E-state index is 0.159. The Morgan fingerprint density at radius 1 is 1.12 bits per heavy atom. The van der Waals surface area contributed by atoms with Gasteiger partial charge in [-0.05, 0) is 65.4 Å². The van der Waals surface area contributed by atoms with Gasteiger partial charge in [-0.2, -0.15) is 5.10 Å². The summed E-state index contributed by atoms with van der Waals surface area (Å²) in [7, 11) is 0. The molecule has 2 fully saturated rings. The molecule has 2 heterocycles. The lowest BCUT2D eigenvalue weighted by atomic mass is 10.1. The number of nitrogens with zero attached hydrogens (tertiary/aromatic N) is 4. The topological polar surface area (TPSA) is 41.4 Å². The van der Waals surface area contributed by atoms with Crippen LogP contribution in [0.4, 0.5) is 0 Å². The van der Waals surface area contributed by atoms with Gasteiger partial charge in [-0.15, -0.1) is 0 Å². The van der Waals surface area contributed by atoms with E-state index in [0.717, 1.165) is 54.1 Å². The Balaban J connectivity index is 1.34. The molecular formula is C20H25BrN4O. The van der Waals surface area contributed by atoms with Gasteiger partial charge < -0.3 is 9.80 Å². The smallest absolute Gasteiger partial charge is 0.253 e. The number of amides is 1. The van der Waals surface area contributed by atoms with Crippen molar-refractivity contribution in [3.8, 4) is 0 Å². The van der Waals surface area contributed by atoms with Gasteiger partial charge in [0, 0.05) is 37.9 Å². The summed E-state index contributed by atoms with van der Waals surface area (Å²) < 4.78 is 2.85. The molecule has 1 aromatic carbocycles. The van der Waals surface area contributed by atoms with E-state index in [4.69, 9.17) is 0 Å². The van der Waals surface area contributed by atoms with Crippen molar-refractivity contribution in [3.63, 3.8) is 0 Å². The predicted octanol–water partition coefficient (Wildman–Crippen LogP) is 3.25. The lowest BCUT2D eigenvalue weighted by molar-refractivity contribution is 0.0761. The van der Waals surface area contributed by atoms with Crippen LogP contribution < -0.4 is 0 Å². The molecule has 1 saturated heterocycles. The zero-order valence-electron chi connectivity index (χ0n) is 15.0. The fourth-order valence-electron chi connectivity index (χ4n) is 3.57. The molecule has 0 bridgehead atoms. The first-order valence-electron chi connectivity index (χ1n) is 9.46. The first-order valence-corrected chi connectivity index (χ1v) is 10.3. The van der Waals surface area contributed by atoms with Crippen LogP contribution in [0.2, 0.25) is 0 Å². The highest BCUT2D eigenvalue weighted by Gasteiger charge is 2.26. The molecule has 0 N–H and O–H groups in total. The van der Waals surface area contributed by atoms with E-state index in [2.05, 4.69) is 25.9 Å². The molecule has 2 aliphatic rings. The lowest BCUT2D eigenvalue weighted by Crippen LogP contribution is -2.35. The molecular weight excluding hydrogens is 392 g/mol. The van der Waals surface area contributed by atoms with Crippen LogP contribution in [0.25, 0.3) is 0 Å². The molecule has 1 aliphatic carbocycles. The SMILES string of the molecule is O=C(c1ccc(Cn2cc(Br)cn2)cc1)N1CCCN(CC2CC2)CC1. The van der Waals surface area contributed by atoms with Gasteiger partial charge >= 0.3 is 0 Å². The maximum atomic E-state index is 12.9. The quantitative estimate of drug-likeness (QED) is 0.750. The second-order valence-electron chi connectivity index (χ2n) is 7.44. The summed E-state index contributed by atoms with van der Waals surface area (Å²) in [5.41, 5.74) is 1.93. The number of rotatable bonds is 5. The van der Waals surface area contributed by atoms with Gasteiger partial charge in [-0.1, -0.05) is 12.1 Å². The summed E-state index contributed by atoms with van der Waals surface area (Å²) in [5, 5.41) is 4.27. The Bertz CT molecular complexity index is 753. The molecule has 138 valence electrons. The molecule has 0 unspecified atom stereocenters. The molecule has 1 aliphatic heterocycles. The summed E-state index contributed by atoms with van der Waals surface area (Å²) in [6.45, 7) is 5.77. The third kappa shape index (κ3) is 4.54. The van der Waals surface area contributed by atoms with E-state index in [0.29, 0.717) is 6.54 Å². The normalized spacial score (nSPS) is 18.7. The van der Waals surface area contributed by atoms with Gasteiger partial charge in [0.25, 0.3) is 5.91 Å². The minimum absolute atomic E-state index is 0.159. The second-order valence-corrected chi connectivity index (χ2v) is 8.36. The Kier molecular flexibility index (Phi) is 5.41. The molecule has 26 heavy (non-hydrogen) atoms. The summed E-state index contributed by atoms with van der Waals surface area (Å²) >= 11 is 3.41.